The highest BCUT2D eigenvalue weighted by Crippen LogP contribution is 2.49. The number of ether oxygens (including phenoxy) is 1. The molecule has 1 fully saturated rings. The van der Waals surface area contributed by atoms with Crippen LogP contribution in [0.3, 0.4) is 0 Å². The van der Waals surface area contributed by atoms with Crippen LogP contribution in [0.5, 0.6) is 0 Å². The second kappa shape index (κ2) is 6.56. The van der Waals surface area contributed by atoms with Crippen LogP contribution in [-0.4, -0.2) is 27.0 Å². The topological polar surface area (TPSA) is 35.5 Å². The highest BCUT2D eigenvalue weighted by Gasteiger charge is 2.49. The molecular formula is C19H34O3Si. The van der Waals surface area contributed by atoms with E-state index in [2.05, 4.69) is 47.0 Å². The van der Waals surface area contributed by atoms with Gasteiger partial charge in [0.25, 0.3) is 0 Å². The maximum Gasteiger partial charge on any atom is 0.314 e. The van der Waals surface area contributed by atoms with Crippen molar-refractivity contribution in [2.75, 3.05) is 6.61 Å². The van der Waals surface area contributed by atoms with Gasteiger partial charge in [-0.25, -0.2) is 0 Å². The smallest absolute Gasteiger partial charge is 0.314 e. The van der Waals surface area contributed by atoms with Crippen LogP contribution in [0.1, 0.15) is 48.0 Å². The SMILES string of the molecule is C=C1[C@@H](C(=O)OCC)C(C)(C)C(=C)C[C@@H]1O[Si](C)(C)C(C)(C)C. The van der Waals surface area contributed by atoms with E-state index in [1.54, 1.807) is 0 Å². The predicted octanol–water partition coefficient (Wildman–Crippen LogP) is 5.10. The van der Waals surface area contributed by atoms with Crippen molar-refractivity contribution < 1.29 is 14.0 Å². The molecule has 4 heteroatoms. The summed E-state index contributed by atoms with van der Waals surface area (Å²) in [5.74, 6) is -0.606. The molecule has 0 aromatic rings. The molecule has 0 aliphatic heterocycles. The summed E-state index contributed by atoms with van der Waals surface area (Å²) in [5.41, 5.74) is 1.52. The van der Waals surface area contributed by atoms with Crippen LogP contribution in [0.25, 0.3) is 0 Å². The molecule has 0 heterocycles. The molecule has 1 aliphatic rings. The van der Waals surface area contributed by atoms with Gasteiger partial charge in [0.05, 0.1) is 18.6 Å². The Labute approximate surface area is 143 Å². The lowest BCUT2D eigenvalue weighted by Gasteiger charge is -2.47. The molecule has 1 aliphatic carbocycles. The van der Waals surface area contributed by atoms with Crippen LogP contribution in [0.15, 0.2) is 24.3 Å². The standard InChI is InChI=1S/C19H34O3Si/c1-11-21-17(20)16-14(3)15(12-13(2)19(16,7)8)22-23(9,10)18(4,5)6/h15-16H,2-3,11-12H2,1,4-10H3/t15-,16-/m0/s1. The molecule has 0 radical (unpaired) electrons. The van der Waals surface area contributed by atoms with Gasteiger partial charge in [0.15, 0.2) is 8.32 Å². The Morgan fingerprint density at radius 1 is 1.30 bits per heavy atom. The van der Waals surface area contributed by atoms with Gasteiger partial charge in [-0.3, -0.25) is 4.79 Å². The van der Waals surface area contributed by atoms with Gasteiger partial charge in [-0.05, 0) is 37.0 Å². The second-order valence-electron chi connectivity index (χ2n) is 8.66. The van der Waals surface area contributed by atoms with Crippen molar-refractivity contribution in [3.63, 3.8) is 0 Å². The van der Waals surface area contributed by atoms with E-state index in [0.717, 1.165) is 17.6 Å². The second-order valence-corrected chi connectivity index (χ2v) is 13.4. The average molecular weight is 339 g/mol. The van der Waals surface area contributed by atoms with Crippen molar-refractivity contribution in [3.05, 3.63) is 24.3 Å². The lowest BCUT2D eigenvalue weighted by Crippen LogP contribution is -2.50. The largest absolute Gasteiger partial charge is 0.466 e. The summed E-state index contributed by atoms with van der Waals surface area (Å²) in [6, 6.07) is 0. The van der Waals surface area contributed by atoms with Crippen molar-refractivity contribution in [2.45, 2.75) is 72.2 Å². The zero-order valence-corrected chi connectivity index (χ0v) is 17.2. The number of rotatable bonds is 4. The Morgan fingerprint density at radius 3 is 2.26 bits per heavy atom. The molecule has 0 spiro atoms. The molecule has 0 aromatic carbocycles. The summed E-state index contributed by atoms with van der Waals surface area (Å²) < 4.78 is 11.8. The van der Waals surface area contributed by atoms with Gasteiger partial charge in [-0.1, -0.05) is 53.3 Å². The third-order valence-electron chi connectivity index (χ3n) is 5.61. The highest BCUT2D eigenvalue weighted by atomic mass is 28.4. The number of carbonyl (C=O) groups is 1. The van der Waals surface area contributed by atoms with Gasteiger partial charge in [0.1, 0.15) is 0 Å². The van der Waals surface area contributed by atoms with E-state index >= 15 is 0 Å². The summed E-state index contributed by atoms with van der Waals surface area (Å²) in [7, 11) is -1.95. The highest BCUT2D eigenvalue weighted by molar-refractivity contribution is 6.74. The summed E-state index contributed by atoms with van der Waals surface area (Å²) in [6.45, 7) is 25.8. The van der Waals surface area contributed by atoms with E-state index in [0.29, 0.717) is 6.61 Å². The van der Waals surface area contributed by atoms with Crippen LogP contribution in [0.2, 0.25) is 18.1 Å². The molecular weight excluding hydrogens is 304 g/mol. The zero-order valence-electron chi connectivity index (χ0n) is 16.2. The lowest BCUT2D eigenvalue weighted by molar-refractivity contribution is -0.150. The first kappa shape index (κ1) is 20.2. The van der Waals surface area contributed by atoms with E-state index in [1.165, 1.54) is 0 Å². The van der Waals surface area contributed by atoms with E-state index in [4.69, 9.17) is 9.16 Å². The quantitative estimate of drug-likeness (QED) is 0.406. The Balaban J connectivity index is 3.13. The van der Waals surface area contributed by atoms with Gasteiger partial charge >= 0.3 is 5.97 Å². The Kier molecular flexibility index (Phi) is 5.75. The molecule has 23 heavy (non-hydrogen) atoms. The minimum absolute atomic E-state index is 0.112. The predicted molar refractivity (Wildman–Crippen MR) is 98.9 cm³/mol. The normalized spacial score (nSPS) is 25.4. The Hall–Kier alpha value is -0.873. The molecule has 0 N–H and O–H groups in total. The average Bonchev–Trinajstić information content (AvgIpc) is 2.34. The molecule has 0 saturated heterocycles. The van der Waals surface area contributed by atoms with E-state index < -0.39 is 14.2 Å². The minimum Gasteiger partial charge on any atom is -0.466 e. The molecule has 1 rings (SSSR count). The molecule has 1 saturated carbocycles. The summed E-state index contributed by atoms with van der Waals surface area (Å²) >= 11 is 0. The van der Waals surface area contributed by atoms with Crippen molar-refractivity contribution in [1.82, 2.24) is 0 Å². The third kappa shape index (κ3) is 3.97. The molecule has 0 amide bonds. The molecule has 0 unspecified atom stereocenters. The Morgan fingerprint density at radius 2 is 1.83 bits per heavy atom. The fourth-order valence-electron chi connectivity index (χ4n) is 2.79. The van der Waals surface area contributed by atoms with Crippen LogP contribution < -0.4 is 0 Å². The van der Waals surface area contributed by atoms with Crippen molar-refractivity contribution in [3.8, 4) is 0 Å². The maximum absolute atomic E-state index is 12.5. The maximum atomic E-state index is 12.5. The van der Waals surface area contributed by atoms with Gasteiger partial charge < -0.3 is 9.16 Å². The first-order valence-corrected chi connectivity index (χ1v) is 11.4. The number of hydrogen-bond donors (Lipinski definition) is 0. The summed E-state index contributed by atoms with van der Waals surface area (Å²) in [5, 5.41) is 0.112. The van der Waals surface area contributed by atoms with Gasteiger partial charge in [-0.2, -0.15) is 0 Å². The van der Waals surface area contributed by atoms with Crippen molar-refractivity contribution in [2.24, 2.45) is 11.3 Å². The van der Waals surface area contributed by atoms with Gasteiger partial charge in [0, 0.05) is 5.41 Å². The van der Waals surface area contributed by atoms with Gasteiger partial charge in [-0.15, -0.1) is 0 Å². The van der Waals surface area contributed by atoms with Crippen LogP contribution in [0.4, 0.5) is 0 Å². The van der Waals surface area contributed by atoms with E-state index in [-0.39, 0.29) is 22.5 Å². The van der Waals surface area contributed by atoms with E-state index in [1.807, 2.05) is 20.8 Å². The molecule has 2 atom stereocenters. The molecule has 0 bridgehead atoms. The number of carbonyl (C=O) groups excluding carboxylic acids is 1. The lowest BCUT2D eigenvalue weighted by atomic mass is 9.63. The van der Waals surface area contributed by atoms with Gasteiger partial charge in [0.2, 0.25) is 0 Å². The van der Waals surface area contributed by atoms with Crippen molar-refractivity contribution in [1.29, 1.82) is 0 Å². The molecule has 132 valence electrons. The minimum atomic E-state index is -1.95. The first-order valence-electron chi connectivity index (χ1n) is 8.47. The first-order chi connectivity index (χ1) is 10.3. The zero-order chi connectivity index (χ0) is 18.2. The number of esters is 1. The fourth-order valence-corrected chi connectivity index (χ4v) is 4.09. The van der Waals surface area contributed by atoms with Crippen molar-refractivity contribution >= 4 is 14.3 Å². The molecule has 0 aromatic heterocycles. The monoisotopic (exact) mass is 338 g/mol. The van der Waals surface area contributed by atoms with Crippen LogP contribution >= 0.6 is 0 Å². The molecule has 3 nitrogen and oxygen atoms in total. The van der Waals surface area contributed by atoms with Crippen LogP contribution in [-0.2, 0) is 14.0 Å². The summed E-state index contributed by atoms with van der Waals surface area (Å²) in [4.78, 5) is 12.5. The van der Waals surface area contributed by atoms with E-state index in [9.17, 15) is 4.79 Å². The Bertz CT molecular complexity index is 497. The fraction of sp³-hybridized carbons (Fsp3) is 0.737. The number of hydrogen-bond acceptors (Lipinski definition) is 3. The third-order valence-corrected chi connectivity index (χ3v) is 10.1. The summed E-state index contributed by atoms with van der Waals surface area (Å²) in [6.07, 6.45) is 0.583. The van der Waals surface area contributed by atoms with Crippen LogP contribution in [0, 0.1) is 11.3 Å².